The molecule has 0 spiro atoms. The molecule has 0 saturated heterocycles. The Morgan fingerprint density at radius 3 is 2.57 bits per heavy atom. The summed E-state index contributed by atoms with van der Waals surface area (Å²) >= 11 is 0. The second-order valence-corrected chi connectivity index (χ2v) is 7.08. The third-order valence-electron chi connectivity index (χ3n) is 4.99. The molecule has 0 radical (unpaired) electrons. The van der Waals surface area contributed by atoms with Gasteiger partial charge in [-0.05, 0) is 46.2 Å². The van der Waals surface area contributed by atoms with Crippen LogP contribution in [0.25, 0.3) is 0 Å². The van der Waals surface area contributed by atoms with E-state index >= 15 is 0 Å². The zero-order chi connectivity index (χ0) is 20.4. The van der Waals surface area contributed by atoms with Crippen molar-refractivity contribution in [3.05, 3.63) is 63.3 Å². The molecule has 148 valence electrons. The van der Waals surface area contributed by atoms with Crippen molar-refractivity contribution in [3.8, 4) is 5.75 Å². The SMILES string of the molecule is Cc1ccc(OCc2c(C(=O)NCc3c(C)nn(C)c3C)noc2C)c(C)c1. The summed E-state index contributed by atoms with van der Waals surface area (Å²) < 4.78 is 13.0. The number of hydrogen-bond donors (Lipinski definition) is 1. The summed E-state index contributed by atoms with van der Waals surface area (Å²) in [6.45, 7) is 10.3. The fourth-order valence-corrected chi connectivity index (χ4v) is 3.18. The lowest BCUT2D eigenvalue weighted by atomic mass is 10.1. The van der Waals surface area contributed by atoms with Gasteiger partial charge in [-0.15, -0.1) is 0 Å². The van der Waals surface area contributed by atoms with Gasteiger partial charge >= 0.3 is 0 Å². The van der Waals surface area contributed by atoms with Gasteiger partial charge < -0.3 is 14.6 Å². The van der Waals surface area contributed by atoms with Crippen molar-refractivity contribution in [2.75, 3.05) is 0 Å². The van der Waals surface area contributed by atoms with Crippen LogP contribution >= 0.6 is 0 Å². The molecule has 1 amide bonds. The Morgan fingerprint density at radius 1 is 1.18 bits per heavy atom. The lowest BCUT2D eigenvalue weighted by Gasteiger charge is -2.10. The molecule has 2 aromatic heterocycles. The van der Waals surface area contributed by atoms with Gasteiger partial charge in [0.05, 0.1) is 11.3 Å². The molecule has 3 rings (SSSR count). The largest absolute Gasteiger partial charge is 0.488 e. The van der Waals surface area contributed by atoms with Gasteiger partial charge in [0.15, 0.2) is 5.69 Å². The first-order chi connectivity index (χ1) is 13.3. The molecule has 7 heteroatoms. The average molecular weight is 382 g/mol. The van der Waals surface area contributed by atoms with Crippen LogP contribution in [-0.2, 0) is 20.2 Å². The number of nitrogens with zero attached hydrogens (tertiary/aromatic N) is 3. The highest BCUT2D eigenvalue weighted by molar-refractivity contribution is 5.93. The first-order valence-electron chi connectivity index (χ1n) is 9.20. The second kappa shape index (κ2) is 7.88. The van der Waals surface area contributed by atoms with Crippen LogP contribution in [0.2, 0.25) is 0 Å². The highest BCUT2D eigenvalue weighted by Gasteiger charge is 2.21. The highest BCUT2D eigenvalue weighted by Crippen LogP contribution is 2.22. The van der Waals surface area contributed by atoms with E-state index in [1.807, 2.05) is 46.9 Å². The minimum absolute atomic E-state index is 0.215. The molecule has 2 heterocycles. The first-order valence-corrected chi connectivity index (χ1v) is 9.20. The lowest BCUT2D eigenvalue weighted by molar-refractivity contribution is 0.0939. The molecule has 0 aliphatic rings. The van der Waals surface area contributed by atoms with Crippen molar-refractivity contribution < 1.29 is 14.1 Å². The van der Waals surface area contributed by atoms with Gasteiger partial charge in [0.2, 0.25) is 0 Å². The van der Waals surface area contributed by atoms with Gasteiger partial charge in [-0.2, -0.15) is 5.10 Å². The predicted molar refractivity (Wildman–Crippen MR) is 105 cm³/mol. The van der Waals surface area contributed by atoms with Gasteiger partial charge in [0.25, 0.3) is 5.91 Å². The normalized spacial score (nSPS) is 10.9. The summed E-state index contributed by atoms with van der Waals surface area (Å²) in [5.41, 5.74) is 6.04. The Morgan fingerprint density at radius 2 is 1.93 bits per heavy atom. The van der Waals surface area contributed by atoms with Crippen molar-refractivity contribution in [2.24, 2.45) is 7.05 Å². The molecule has 3 aromatic rings. The van der Waals surface area contributed by atoms with Crippen LogP contribution in [0.3, 0.4) is 0 Å². The van der Waals surface area contributed by atoms with Gasteiger partial charge in [-0.1, -0.05) is 22.9 Å². The summed E-state index contributed by atoms with van der Waals surface area (Å²) in [5.74, 6) is 1.06. The van der Waals surface area contributed by atoms with E-state index in [9.17, 15) is 4.79 Å². The van der Waals surface area contributed by atoms with E-state index < -0.39 is 0 Å². The number of carbonyl (C=O) groups excluding carboxylic acids is 1. The van der Waals surface area contributed by atoms with E-state index in [0.29, 0.717) is 17.9 Å². The molecule has 1 N–H and O–H groups in total. The second-order valence-electron chi connectivity index (χ2n) is 7.08. The molecule has 0 saturated carbocycles. The third-order valence-corrected chi connectivity index (χ3v) is 4.99. The van der Waals surface area contributed by atoms with Crippen LogP contribution in [-0.4, -0.2) is 20.8 Å². The Bertz CT molecular complexity index is 1020. The summed E-state index contributed by atoms with van der Waals surface area (Å²) in [6.07, 6.45) is 0. The number of aryl methyl sites for hydroxylation is 5. The smallest absolute Gasteiger partial charge is 0.274 e. The number of benzene rings is 1. The van der Waals surface area contributed by atoms with Crippen molar-refractivity contribution >= 4 is 5.91 Å². The van der Waals surface area contributed by atoms with Crippen molar-refractivity contribution in [1.29, 1.82) is 0 Å². The van der Waals surface area contributed by atoms with Gasteiger partial charge in [0, 0.05) is 24.8 Å². The van der Waals surface area contributed by atoms with Crippen LogP contribution < -0.4 is 10.1 Å². The average Bonchev–Trinajstić information content (AvgIpc) is 3.12. The maximum absolute atomic E-state index is 12.7. The number of ether oxygens (including phenoxy) is 1. The Kier molecular flexibility index (Phi) is 5.53. The third kappa shape index (κ3) is 3.93. The molecule has 28 heavy (non-hydrogen) atoms. The quantitative estimate of drug-likeness (QED) is 0.706. The molecule has 0 aliphatic heterocycles. The predicted octanol–water partition coefficient (Wildman–Crippen LogP) is 3.46. The molecule has 0 unspecified atom stereocenters. The molecule has 0 fully saturated rings. The summed E-state index contributed by atoms with van der Waals surface area (Å²) in [5, 5.41) is 11.2. The van der Waals surface area contributed by atoms with Gasteiger partial charge in [-0.25, -0.2) is 0 Å². The maximum atomic E-state index is 12.7. The number of amides is 1. The van der Waals surface area contributed by atoms with Crippen LogP contribution in [0.1, 0.15) is 49.9 Å². The summed E-state index contributed by atoms with van der Waals surface area (Å²) in [4.78, 5) is 12.7. The number of hydrogen-bond acceptors (Lipinski definition) is 5. The molecule has 0 aliphatic carbocycles. The first kappa shape index (κ1) is 19.7. The number of nitrogens with one attached hydrogen (secondary N) is 1. The number of aromatic nitrogens is 3. The van der Waals surface area contributed by atoms with Crippen LogP contribution in [0.4, 0.5) is 0 Å². The van der Waals surface area contributed by atoms with E-state index in [2.05, 4.69) is 21.6 Å². The van der Waals surface area contributed by atoms with Crippen molar-refractivity contribution in [3.63, 3.8) is 0 Å². The Labute approximate surface area is 164 Å². The van der Waals surface area contributed by atoms with Crippen LogP contribution in [0, 0.1) is 34.6 Å². The minimum atomic E-state index is -0.293. The zero-order valence-electron chi connectivity index (χ0n) is 17.2. The van der Waals surface area contributed by atoms with Crippen LogP contribution in [0.5, 0.6) is 5.75 Å². The Hall–Kier alpha value is -3.09. The summed E-state index contributed by atoms with van der Waals surface area (Å²) in [6, 6.07) is 5.98. The molecule has 0 bridgehead atoms. The molecule has 0 atom stereocenters. The van der Waals surface area contributed by atoms with E-state index in [1.165, 1.54) is 5.56 Å². The summed E-state index contributed by atoms with van der Waals surface area (Å²) in [7, 11) is 1.89. The van der Waals surface area contributed by atoms with Crippen molar-refractivity contribution in [2.45, 2.75) is 47.8 Å². The molecule has 7 nitrogen and oxygen atoms in total. The topological polar surface area (TPSA) is 82.2 Å². The highest BCUT2D eigenvalue weighted by atomic mass is 16.5. The Balaban J connectivity index is 1.71. The minimum Gasteiger partial charge on any atom is -0.488 e. The monoisotopic (exact) mass is 382 g/mol. The number of carbonyl (C=O) groups is 1. The number of rotatable bonds is 6. The van der Waals surface area contributed by atoms with Gasteiger partial charge in [0.1, 0.15) is 18.1 Å². The van der Waals surface area contributed by atoms with Gasteiger partial charge in [-0.3, -0.25) is 9.48 Å². The fourth-order valence-electron chi connectivity index (χ4n) is 3.18. The van der Waals surface area contributed by atoms with E-state index in [1.54, 1.807) is 11.6 Å². The molecular weight excluding hydrogens is 356 g/mol. The standard InChI is InChI=1S/C21H26N4O3/c1-12-7-8-19(13(2)9-12)27-11-18-16(5)28-24-20(18)21(26)22-10-17-14(3)23-25(6)15(17)4/h7-9H,10-11H2,1-6H3,(H,22,26). The fraction of sp³-hybridized carbons (Fsp3) is 0.381. The van der Waals surface area contributed by atoms with E-state index in [4.69, 9.17) is 9.26 Å². The zero-order valence-corrected chi connectivity index (χ0v) is 17.2. The lowest BCUT2D eigenvalue weighted by Crippen LogP contribution is -2.25. The van der Waals surface area contributed by atoms with E-state index in [0.717, 1.165) is 28.3 Å². The van der Waals surface area contributed by atoms with E-state index in [-0.39, 0.29) is 18.2 Å². The van der Waals surface area contributed by atoms with Crippen molar-refractivity contribution in [1.82, 2.24) is 20.3 Å². The van der Waals surface area contributed by atoms with Crippen LogP contribution in [0.15, 0.2) is 22.7 Å². The maximum Gasteiger partial charge on any atom is 0.274 e. The molecular formula is C21H26N4O3. The molecule has 1 aromatic carbocycles.